The second kappa shape index (κ2) is 7.79. The van der Waals surface area contributed by atoms with E-state index in [1.807, 2.05) is 0 Å². The third-order valence-electron chi connectivity index (χ3n) is 4.98. The standard InChI is InChI=1S/C20H20N4O5S/c25-18-12-21-20(27)23(18)13-14-3-1-4-16(11-14)22-19(26)15-5-7-17(8-6-15)24-9-2-10-30(24,28)29/h1,3-8,11H,2,9-10,12-13H2,(H,21,27)(H,22,26). The molecule has 2 aromatic rings. The maximum absolute atomic E-state index is 12.6. The van der Waals surface area contributed by atoms with Crippen LogP contribution in [-0.2, 0) is 21.4 Å². The van der Waals surface area contributed by atoms with Gasteiger partial charge in [0.1, 0.15) is 0 Å². The number of rotatable bonds is 5. The highest BCUT2D eigenvalue weighted by atomic mass is 32.2. The van der Waals surface area contributed by atoms with Crippen LogP contribution in [0.15, 0.2) is 48.5 Å². The highest BCUT2D eigenvalue weighted by molar-refractivity contribution is 7.93. The number of anilines is 2. The summed E-state index contributed by atoms with van der Waals surface area (Å²) in [7, 11) is -3.27. The Balaban J connectivity index is 1.44. The van der Waals surface area contributed by atoms with Crippen molar-refractivity contribution in [3.63, 3.8) is 0 Å². The molecule has 0 spiro atoms. The summed E-state index contributed by atoms with van der Waals surface area (Å²) in [5, 5.41) is 5.24. The van der Waals surface area contributed by atoms with Gasteiger partial charge in [-0.2, -0.15) is 0 Å². The summed E-state index contributed by atoms with van der Waals surface area (Å²) in [5.41, 5.74) is 2.15. The molecule has 4 rings (SSSR count). The van der Waals surface area contributed by atoms with E-state index in [-0.39, 0.29) is 30.7 Å². The Hall–Kier alpha value is -3.40. The van der Waals surface area contributed by atoms with E-state index >= 15 is 0 Å². The van der Waals surface area contributed by atoms with E-state index < -0.39 is 16.1 Å². The summed E-state index contributed by atoms with van der Waals surface area (Å²) in [4.78, 5) is 37.1. The molecule has 156 valence electrons. The zero-order chi connectivity index (χ0) is 21.3. The molecule has 0 radical (unpaired) electrons. The molecule has 2 aromatic carbocycles. The Bertz CT molecular complexity index is 1100. The summed E-state index contributed by atoms with van der Waals surface area (Å²) < 4.78 is 25.4. The molecule has 2 aliphatic heterocycles. The third-order valence-corrected chi connectivity index (χ3v) is 6.85. The van der Waals surface area contributed by atoms with Crippen LogP contribution in [0.25, 0.3) is 0 Å². The average molecular weight is 428 g/mol. The van der Waals surface area contributed by atoms with Crippen molar-refractivity contribution < 1.29 is 22.8 Å². The van der Waals surface area contributed by atoms with E-state index in [0.29, 0.717) is 35.5 Å². The first-order valence-corrected chi connectivity index (χ1v) is 11.0. The molecule has 2 saturated heterocycles. The number of nitrogens with one attached hydrogen (secondary N) is 2. The topological polar surface area (TPSA) is 116 Å². The second-order valence-corrected chi connectivity index (χ2v) is 9.09. The fourth-order valence-electron chi connectivity index (χ4n) is 3.46. The van der Waals surface area contributed by atoms with Gasteiger partial charge in [0.05, 0.1) is 24.5 Å². The van der Waals surface area contributed by atoms with E-state index in [0.717, 1.165) is 4.90 Å². The monoisotopic (exact) mass is 428 g/mol. The van der Waals surface area contributed by atoms with Crippen LogP contribution in [0.4, 0.5) is 16.2 Å². The van der Waals surface area contributed by atoms with Crippen molar-refractivity contribution in [1.29, 1.82) is 0 Å². The number of hydrogen-bond donors (Lipinski definition) is 2. The predicted octanol–water partition coefficient (Wildman–Crippen LogP) is 1.53. The SMILES string of the molecule is O=C(Nc1cccc(CN2C(=O)CNC2=O)c1)c1ccc(N2CCCS2(=O)=O)cc1. The van der Waals surface area contributed by atoms with Crippen LogP contribution in [0.1, 0.15) is 22.3 Å². The van der Waals surface area contributed by atoms with Gasteiger partial charge in [0, 0.05) is 17.8 Å². The van der Waals surface area contributed by atoms with Gasteiger partial charge in [0.2, 0.25) is 15.9 Å². The van der Waals surface area contributed by atoms with Crippen LogP contribution in [0.5, 0.6) is 0 Å². The van der Waals surface area contributed by atoms with E-state index in [2.05, 4.69) is 10.6 Å². The number of urea groups is 1. The van der Waals surface area contributed by atoms with Gasteiger partial charge in [-0.05, 0) is 48.4 Å². The maximum atomic E-state index is 12.6. The van der Waals surface area contributed by atoms with E-state index in [4.69, 9.17) is 0 Å². The van der Waals surface area contributed by atoms with Gasteiger partial charge in [-0.3, -0.25) is 18.8 Å². The van der Waals surface area contributed by atoms with Gasteiger partial charge in [-0.15, -0.1) is 0 Å². The zero-order valence-corrected chi connectivity index (χ0v) is 16.8. The number of carbonyl (C=O) groups is 3. The fraction of sp³-hybridized carbons (Fsp3) is 0.250. The molecule has 2 heterocycles. The Kier molecular flexibility index (Phi) is 5.17. The fourth-order valence-corrected chi connectivity index (χ4v) is 5.02. The summed E-state index contributed by atoms with van der Waals surface area (Å²) in [6.45, 7) is 0.551. The lowest BCUT2D eigenvalue weighted by Gasteiger charge is -2.17. The molecule has 10 heteroatoms. The summed E-state index contributed by atoms with van der Waals surface area (Å²) in [6, 6.07) is 12.8. The minimum Gasteiger partial charge on any atom is -0.329 e. The van der Waals surface area contributed by atoms with E-state index in [1.165, 1.54) is 4.31 Å². The molecule has 0 saturated carbocycles. The van der Waals surface area contributed by atoms with E-state index in [1.54, 1.807) is 48.5 Å². The van der Waals surface area contributed by atoms with Crippen molar-refractivity contribution in [2.24, 2.45) is 0 Å². The molecule has 0 unspecified atom stereocenters. The minimum atomic E-state index is -3.27. The molecule has 0 atom stereocenters. The second-order valence-electron chi connectivity index (χ2n) is 7.08. The zero-order valence-electron chi connectivity index (χ0n) is 16.0. The minimum absolute atomic E-state index is 0.00994. The quantitative estimate of drug-likeness (QED) is 0.701. The molecule has 0 aromatic heterocycles. The molecular formula is C20H20N4O5S. The number of benzene rings is 2. The average Bonchev–Trinajstić information content (AvgIpc) is 3.24. The van der Waals surface area contributed by atoms with Crippen LogP contribution in [-0.4, -0.2) is 50.0 Å². The maximum Gasteiger partial charge on any atom is 0.324 e. The lowest BCUT2D eigenvalue weighted by molar-refractivity contribution is -0.125. The molecule has 2 aliphatic rings. The van der Waals surface area contributed by atoms with Gasteiger partial charge in [-0.25, -0.2) is 13.2 Å². The first-order chi connectivity index (χ1) is 14.3. The van der Waals surface area contributed by atoms with Crippen molar-refractivity contribution in [2.45, 2.75) is 13.0 Å². The first-order valence-electron chi connectivity index (χ1n) is 9.42. The predicted molar refractivity (Wildman–Crippen MR) is 111 cm³/mol. The van der Waals surface area contributed by atoms with E-state index in [9.17, 15) is 22.8 Å². The van der Waals surface area contributed by atoms with Gasteiger partial charge >= 0.3 is 6.03 Å². The van der Waals surface area contributed by atoms with Crippen molar-refractivity contribution in [1.82, 2.24) is 10.2 Å². The number of hydrogen-bond acceptors (Lipinski definition) is 5. The van der Waals surface area contributed by atoms with Gasteiger partial charge in [-0.1, -0.05) is 12.1 Å². The Morgan fingerprint density at radius 3 is 2.50 bits per heavy atom. The largest absolute Gasteiger partial charge is 0.329 e. The smallest absolute Gasteiger partial charge is 0.324 e. The lowest BCUT2D eigenvalue weighted by atomic mass is 10.1. The van der Waals surface area contributed by atoms with Crippen molar-refractivity contribution in [3.8, 4) is 0 Å². The van der Waals surface area contributed by atoms with Crippen LogP contribution < -0.4 is 14.9 Å². The Labute approximate surface area is 173 Å². The summed E-state index contributed by atoms with van der Waals surface area (Å²) in [6.07, 6.45) is 0.589. The number of carbonyl (C=O) groups excluding carboxylic acids is 3. The molecule has 0 aliphatic carbocycles. The molecule has 30 heavy (non-hydrogen) atoms. The molecule has 2 N–H and O–H groups in total. The van der Waals surface area contributed by atoms with Crippen LogP contribution >= 0.6 is 0 Å². The van der Waals surface area contributed by atoms with Crippen LogP contribution in [0.2, 0.25) is 0 Å². The molecule has 2 fully saturated rings. The number of amides is 4. The first kappa shape index (κ1) is 19.9. The van der Waals surface area contributed by atoms with Crippen molar-refractivity contribution in [2.75, 3.05) is 28.5 Å². The summed E-state index contributed by atoms with van der Waals surface area (Å²) >= 11 is 0. The number of nitrogens with zero attached hydrogens (tertiary/aromatic N) is 2. The van der Waals surface area contributed by atoms with Crippen molar-refractivity contribution in [3.05, 3.63) is 59.7 Å². The Morgan fingerprint density at radius 1 is 1.10 bits per heavy atom. The highest BCUT2D eigenvalue weighted by Gasteiger charge is 2.29. The molecular weight excluding hydrogens is 408 g/mol. The number of sulfonamides is 1. The summed E-state index contributed by atoms with van der Waals surface area (Å²) in [5.74, 6) is -0.511. The third kappa shape index (κ3) is 3.99. The number of imide groups is 1. The van der Waals surface area contributed by atoms with Crippen LogP contribution in [0.3, 0.4) is 0 Å². The van der Waals surface area contributed by atoms with Gasteiger partial charge in [0.15, 0.2) is 0 Å². The molecule has 9 nitrogen and oxygen atoms in total. The van der Waals surface area contributed by atoms with Crippen molar-refractivity contribution >= 4 is 39.2 Å². The van der Waals surface area contributed by atoms with Gasteiger partial charge in [0.25, 0.3) is 5.91 Å². The molecule has 0 bridgehead atoms. The lowest BCUT2D eigenvalue weighted by Crippen LogP contribution is -2.30. The van der Waals surface area contributed by atoms with Crippen LogP contribution in [0, 0.1) is 0 Å². The Morgan fingerprint density at radius 2 is 1.87 bits per heavy atom. The molecule has 4 amide bonds. The normalized spacial score (nSPS) is 17.9. The van der Waals surface area contributed by atoms with Gasteiger partial charge < -0.3 is 10.6 Å². The highest BCUT2D eigenvalue weighted by Crippen LogP contribution is 2.24.